The van der Waals surface area contributed by atoms with Gasteiger partial charge in [0.2, 0.25) is 11.9 Å². The number of benzene rings is 3. The Kier molecular flexibility index (Phi) is 9.74. The van der Waals surface area contributed by atoms with E-state index in [0.29, 0.717) is 28.0 Å². The van der Waals surface area contributed by atoms with E-state index in [1.165, 1.54) is 24.3 Å². The predicted octanol–water partition coefficient (Wildman–Crippen LogP) is 7.83. The van der Waals surface area contributed by atoms with Crippen molar-refractivity contribution in [1.29, 1.82) is 0 Å². The Labute approximate surface area is 262 Å². The molecule has 8 nitrogen and oxygen atoms in total. The number of aromatic nitrogens is 2. The summed E-state index contributed by atoms with van der Waals surface area (Å²) in [5.41, 5.74) is -0.595. The molecular weight excluding hydrogens is 677 g/mol. The highest BCUT2D eigenvalue weighted by molar-refractivity contribution is 9.10. The number of anilines is 3. The lowest BCUT2D eigenvalue weighted by Gasteiger charge is -2.26. The van der Waals surface area contributed by atoms with Crippen molar-refractivity contribution in [2.45, 2.75) is 33.0 Å². The summed E-state index contributed by atoms with van der Waals surface area (Å²) in [7, 11) is 1.63. The van der Waals surface area contributed by atoms with E-state index in [0.717, 1.165) is 18.3 Å². The van der Waals surface area contributed by atoms with Crippen LogP contribution in [0.3, 0.4) is 0 Å². The second-order valence-electron chi connectivity index (χ2n) is 10.2. The maximum absolute atomic E-state index is 13.2. The molecule has 0 aliphatic carbocycles. The van der Waals surface area contributed by atoms with Crippen LogP contribution in [0.4, 0.5) is 39.3 Å². The summed E-state index contributed by atoms with van der Waals surface area (Å²) < 4.78 is 73.3. The number of hydrogen-bond acceptors (Lipinski definition) is 5. The van der Waals surface area contributed by atoms with Crippen LogP contribution < -0.4 is 20.7 Å². The lowest BCUT2D eigenvalue weighted by Crippen LogP contribution is -2.46. The third-order valence-electron chi connectivity index (χ3n) is 6.70. The van der Waals surface area contributed by atoms with Crippen LogP contribution in [-0.4, -0.2) is 40.6 Å². The number of hydrogen-bond donors (Lipinski definition) is 3. The summed E-state index contributed by atoms with van der Waals surface area (Å²) in [6.07, 6.45) is -7.51. The molecule has 1 heterocycles. The van der Waals surface area contributed by atoms with E-state index in [2.05, 4.69) is 36.9 Å². The second kappa shape index (κ2) is 13.0. The zero-order chi connectivity index (χ0) is 32.4. The maximum atomic E-state index is 13.2. The van der Waals surface area contributed by atoms with Gasteiger partial charge in [-0.3, -0.25) is 9.59 Å². The SMILES string of the molecule is Cn1c(Nc2cc(CNC(=O)C(C)(C)C(F)(F)F)ccc2Cl)nc2cc(C(=O)Nc3ccc(Br)cc3)c(OCC(F)F)cc21. The Morgan fingerprint density at radius 3 is 2.39 bits per heavy atom. The van der Waals surface area contributed by atoms with E-state index in [1.807, 2.05) is 0 Å². The molecule has 1 aromatic heterocycles. The summed E-state index contributed by atoms with van der Waals surface area (Å²) >= 11 is 9.67. The smallest absolute Gasteiger partial charge is 0.402 e. The fraction of sp³-hybridized carbons (Fsp3) is 0.276. The molecule has 4 rings (SSSR count). The summed E-state index contributed by atoms with van der Waals surface area (Å²) in [6, 6.07) is 14.2. The standard InChI is InChI=1S/C29H26BrClF5N5O3/c1-28(2,29(34,35)36)26(43)37-13-15-4-9-19(31)20(10-15)39-27-40-21-11-18(25(42)38-17-7-5-16(30)6-8-17)23(44-14-24(32)33)12-22(21)41(27)3/h4-12,24H,13-14H2,1-3H3,(H,37,43)(H,38,42)(H,39,40). The Hall–Kier alpha value is -3.91. The number of alkyl halides is 5. The zero-order valence-electron chi connectivity index (χ0n) is 23.5. The Morgan fingerprint density at radius 1 is 1.07 bits per heavy atom. The maximum Gasteiger partial charge on any atom is 0.402 e. The predicted molar refractivity (Wildman–Crippen MR) is 161 cm³/mol. The molecular formula is C29H26BrClF5N5O3. The molecule has 4 aromatic rings. The molecule has 0 aliphatic heterocycles. The van der Waals surface area contributed by atoms with E-state index in [1.54, 1.807) is 41.9 Å². The molecule has 44 heavy (non-hydrogen) atoms. The van der Waals surface area contributed by atoms with Gasteiger partial charge in [-0.1, -0.05) is 33.6 Å². The van der Waals surface area contributed by atoms with Crippen molar-refractivity contribution in [3.8, 4) is 5.75 Å². The third-order valence-corrected chi connectivity index (χ3v) is 7.56. The van der Waals surface area contributed by atoms with Crippen LogP contribution in [0.1, 0.15) is 29.8 Å². The van der Waals surface area contributed by atoms with Crippen LogP contribution in [0.25, 0.3) is 11.0 Å². The molecule has 0 bridgehead atoms. The van der Waals surface area contributed by atoms with Crippen LogP contribution >= 0.6 is 27.5 Å². The summed E-state index contributed by atoms with van der Waals surface area (Å²) in [5.74, 6) is -1.63. The zero-order valence-corrected chi connectivity index (χ0v) is 25.8. The molecule has 3 aromatic carbocycles. The Bertz CT molecular complexity index is 1690. The third kappa shape index (κ3) is 7.41. The number of nitrogens with one attached hydrogen (secondary N) is 3. The van der Waals surface area contributed by atoms with Crippen LogP contribution in [0.15, 0.2) is 59.1 Å². The van der Waals surface area contributed by atoms with Crippen LogP contribution in [0, 0.1) is 5.41 Å². The number of rotatable bonds is 10. The Morgan fingerprint density at radius 2 is 1.75 bits per heavy atom. The second-order valence-corrected chi connectivity index (χ2v) is 11.6. The van der Waals surface area contributed by atoms with E-state index in [4.69, 9.17) is 16.3 Å². The number of nitrogens with zero attached hydrogens (tertiary/aromatic N) is 2. The molecule has 0 unspecified atom stereocenters. The van der Waals surface area contributed by atoms with Crippen molar-refractivity contribution in [3.63, 3.8) is 0 Å². The lowest BCUT2D eigenvalue weighted by atomic mass is 9.91. The van der Waals surface area contributed by atoms with Crippen LogP contribution in [0.2, 0.25) is 5.02 Å². The van der Waals surface area contributed by atoms with Gasteiger partial charge in [0.15, 0.2) is 0 Å². The molecule has 0 atom stereocenters. The minimum absolute atomic E-state index is 0.0247. The first kappa shape index (κ1) is 33.0. The van der Waals surface area contributed by atoms with Crippen molar-refractivity contribution < 1.29 is 36.3 Å². The van der Waals surface area contributed by atoms with Gasteiger partial charge in [-0.2, -0.15) is 13.2 Å². The summed E-state index contributed by atoms with van der Waals surface area (Å²) in [5, 5.41) is 8.28. The first-order chi connectivity index (χ1) is 20.6. The first-order valence-corrected chi connectivity index (χ1v) is 14.1. The molecule has 3 N–H and O–H groups in total. The Balaban J connectivity index is 1.61. The first-order valence-electron chi connectivity index (χ1n) is 13.0. The van der Waals surface area contributed by atoms with Gasteiger partial charge in [0.1, 0.15) is 17.8 Å². The van der Waals surface area contributed by atoms with Gasteiger partial charge in [0.05, 0.1) is 27.3 Å². The van der Waals surface area contributed by atoms with Crippen molar-refractivity contribution in [3.05, 3.63) is 75.2 Å². The van der Waals surface area contributed by atoms with Gasteiger partial charge >= 0.3 is 6.18 Å². The molecule has 0 saturated carbocycles. The van der Waals surface area contributed by atoms with Crippen molar-refractivity contribution >= 4 is 67.7 Å². The van der Waals surface area contributed by atoms with Gasteiger partial charge in [-0.25, -0.2) is 13.8 Å². The number of imidazole rings is 1. The molecule has 0 fully saturated rings. The molecule has 0 saturated heterocycles. The number of carbonyl (C=O) groups excluding carboxylic acids is 2. The highest BCUT2D eigenvalue weighted by Gasteiger charge is 2.52. The summed E-state index contributed by atoms with van der Waals surface area (Å²) in [4.78, 5) is 29.9. The van der Waals surface area contributed by atoms with E-state index < -0.39 is 36.4 Å². The largest absolute Gasteiger partial charge is 0.487 e. The molecule has 15 heteroatoms. The number of carbonyl (C=O) groups is 2. The molecule has 0 spiro atoms. The van der Waals surface area contributed by atoms with Crippen molar-refractivity contribution in [2.75, 3.05) is 17.2 Å². The van der Waals surface area contributed by atoms with E-state index in [-0.39, 0.29) is 28.8 Å². The number of aryl methyl sites for hydroxylation is 1. The van der Waals surface area contributed by atoms with Gasteiger partial charge in [0.25, 0.3) is 12.3 Å². The van der Waals surface area contributed by atoms with Crippen LogP contribution in [0.5, 0.6) is 5.75 Å². The normalized spacial score (nSPS) is 12.0. The molecule has 234 valence electrons. The van der Waals surface area contributed by atoms with Crippen molar-refractivity contribution in [1.82, 2.24) is 14.9 Å². The number of fused-ring (bicyclic) bond motifs is 1. The van der Waals surface area contributed by atoms with Crippen LogP contribution in [-0.2, 0) is 18.4 Å². The fourth-order valence-corrected chi connectivity index (χ4v) is 4.37. The van der Waals surface area contributed by atoms with Gasteiger partial charge in [-0.05, 0) is 61.9 Å². The van der Waals surface area contributed by atoms with E-state index in [9.17, 15) is 31.5 Å². The van der Waals surface area contributed by atoms with Crippen molar-refractivity contribution in [2.24, 2.45) is 12.5 Å². The monoisotopic (exact) mass is 701 g/mol. The number of amides is 2. The summed E-state index contributed by atoms with van der Waals surface area (Å²) in [6.45, 7) is 0.450. The minimum atomic E-state index is -4.73. The fourth-order valence-electron chi connectivity index (χ4n) is 3.94. The van der Waals surface area contributed by atoms with Gasteiger partial charge < -0.3 is 25.3 Å². The number of halogens is 7. The van der Waals surface area contributed by atoms with Gasteiger partial charge in [0, 0.05) is 29.8 Å². The van der Waals surface area contributed by atoms with Gasteiger partial charge in [-0.15, -0.1) is 0 Å². The molecule has 2 amide bonds. The minimum Gasteiger partial charge on any atom is -0.487 e. The average molecular weight is 703 g/mol. The average Bonchev–Trinajstić information content (AvgIpc) is 3.25. The molecule has 0 radical (unpaired) electrons. The molecule has 0 aliphatic rings. The quantitative estimate of drug-likeness (QED) is 0.147. The lowest BCUT2D eigenvalue weighted by molar-refractivity contribution is -0.211. The number of ether oxygens (including phenoxy) is 1. The topological polar surface area (TPSA) is 97.3 Å². The highest BCUT2D eigenvalue weighted by Crippen LogP contribution is 2.38. The van der Waals surface area contributed by atoms with E-state index >= 15 is 0 Å². The highest BCUT2D eigenvalue weighted by atomic mass is 79.9.